The molecule has 0 atom stereocenters. The van der Waals surface area contributed by atoms with Crippen LogP contribution in [-0.2, 0) is 0 Å². The average Bonchev–Trinajstić information content (AvgIpc) is 3.19. The van der Waals surface area contributed by atoms with Gasteiger partial charge in [-0.05, 0) is 30.7 Å². The Hall–Kier alpha value is -2.52. The zero-order valence-electron chi connectivity index (χ0n) is 11.3. The Balaban J connectivity index is 1.73. The molecule has 0 bridgehead atoms. The Morgan fingerprint density at radius 3 is 2.82 bits per heavy atom. The molecule has 0 radical (unpaired) electrons. The molecule has 112 valence electrons. The van der Waals surface area contributed by atoms with E-state index in [1.165, 1.54) is 34.4 Å². The van der Waals surface area contributed by atoms with Crippen LogP contribution in [0.4, 0.5) is 10.1 Å². The number of rotatable bonds is 4. The van der Waals surface area contributed by atoms with Crippen LogP contribution in [0.2, 0.25) is 0 Å². The molecule has 22 heavy (non-hydrogen) atoms. The maximum atomic E-state index is 12.2. The highest BCUT2D eigenvalue weighted by Crippen LogP contribution is 2.28. The first-order valence-electron chi connectivity index (χ1n) is 6.16. The van der Waals surface area contributed by atoms with Crippen LogP contribution in [-0.4, -0.2) is 22.0 Å². The molecule has 2 amide bonds. The quantitative estimate of drug-likeness (QED) is 0.764. The maximum Gasteiger partial charge on any atom is 0.291 e. The molecule has 3 aromatic rings. The number of aromatic nitrogens is 2. The number of aryl methyl sites for hydroxylation is 1. The molecule has 0 fully saturated rings. The fraction of sp³-hybridized carbons (Fsp3) is 0.0769. The van der Waals surface area contributed by atoms with Crippen molar-refractivity contribution in [2.45, 2.75) is 6.92 Å². The van der Waals surface area contributed by atoms with E-state index >= 15 is 0 Å². The summed E-state index contributed by atoms with van der Waals surface area (Å²) >= 11 is 2.42. The van der Waals surface area contributed by atoms with Gasteiger partial charge in [-0.3, -0.25) is 14.9 Å². The highest BCUT2D eigenvalue weighted by molar-refractivity contribution is 7.18. The lowest BCUT2D eigenvalue weighted by molar-refractivity contribution is 0.0995. The molecule has 9 heteroatoms. The third-order valence-corrected chi connectivity index (χ3v) is 4.44. The number of nitrogens with zero attached hydrogens (tertiary/aromatic N) is 2. The molecule has 0 aliphatic heterocycles. The number of carbonyl (C=O) groups is 2. The van der Waals surface area contributed by atoms with Crippen molar-refractivity contribution in [2.75, 3.05) is 10.6 Å². The van der Waals surface area contributed by atoms with Gasteiger partial charge in [-0.25, -0.2) is 0 Å². The summed E-state index contributed by atoms with van der Waals surface area (Å²) < 4.78 is 5.02. The number of nitrogens with one attached hydrogen (secondary N) is 2. The fourth-order valence-electron chi connectivity index (χ4n) is 1.73. The zero-order valence-corrected chi connectivity index (χ0v) is 13.0. The number of hydrogen-bond acceptors (Lipinski definition) is 7. The van der Waals surface area contributed by atoms with E-state index in [2.05, 4.69) is 20.8 Å². The average molecular weight is 334 g/mol. The monoisotopic (exact) mass is 334 g/mol. The molecule has 0 saturated carbocycles. The van der Waals surface area contributed by atoms with Gasteiger partial charge in [0.1, 0.15) is 5.51 Å². The molecule has 2 N–H and O–H groups in total. The van der Waals surface area contributed by atoms with Crippen molar-refractivity contribution in [3.05, 3.63) is 46.2 Å². The lowest BCUT2D eigenvalue weighted by Crippen LogP contribution is -2.11. The van der Waals surface area contributed by atoms with Crippen LogP contribution in [0.15, 0.2) is 34.4 Å². The summed E-state index contributed by atoms with van der Waals surface area (Å²) in [7, 11) is 0. The Kier molecular flexibility index (Phi) is 3.98. The van der Waals surface area contributed by atoms with Gasteiger partial charge in [-0.2, -0.15) is 0 Å². The molecule has 3 aromatic heterocycles. The van der Waals surface area contributed by atoms with E-state index in [-0.39, 0.29) is 17.6 Å². The second kappa shape index (κ2) is 6.08. The number of hydrogen-bond donors (Lipinski definition) is 2. The molecule has 3 rings (SSSR count). The zero-order chi connectivity index (χ0) is 15.5. The topological polar surface area (TPSA) is 97.1 Å². The molecule has 0 spiro atoms. The van der Waals surface area contributed by atoms with Crippen molar-refractivity contribution in [2.24, 2.45) is 0 Å². The minimum Gasteiger partial charge on any atom is -0.459 e. The minimum atomic E-state index is -0.359. The third kappa shape index (κ3) is 3.05. The molecule has 0 aliphatic rings. The normalized spacial score (nSPS) is 10.4. The predicted octanol–water partition coefficient (Wildman–Crippen LogP) is 3.01. The summed E-state index contributed by atoms with van der Waals surface area (Å²) in [6, 6.07) is 4.94. The van der Waals surface area contributed by atoms with Crippen LogP contribution in [0.3, 0.4) is 0 Å². The Morgan fingerprint density at radius 1 is 1.27 bits per heavy atom. The first-order valence-corrected chi connectivity index (χ1v) is 7.86. The van der Waals surface area contributed by atoms with Gasteiger partial charge in [-0.1, -0.05) is 11.3 Å². The summed E-state index contributed by atoms with van der Waals surface area (Å²) in [6.45, 7) is 1.80. The Morgan fingerprint density at radius 2 is 2.14 bits per heavy atom. The smallest absolute Gasteiger partial charge is 0.291 e. The SMILES string of the molecule is Cc1cc(NC(=O)c2ccco2)sc1C(=O)Nc1nncs1. The number of furan rings is 1. The van der Waals surface area contributed by atoms with Gasteiger partial charge in [0.15, 0.2) is 5.76 Å². The number of amides is 2. The van der Waals surface area contributed by atoms with Crippen molar-refractivity contribution in [3.63, 3.8) is 0 Å². The molecular formula is C13H10N4O3S2. The van der Waals surface area contributed by atoms with Crippen molar-refractivity contribution in [1.82, 2.24) is 10.2 Å². The van der Waals surface area contributed by atoms with E-state index in [0.717, 1.165) is 5.56 Å². The van der Waals surface area contributed by atoms with E-state index in [1.54, 1.807) is 25.1 Å². The van der Waals surface area contributed by atoms with E-state index in [4.69, 9.17) is 4.42 Å². The lowest BCUT2D eigenvalue weighted by Gasteiger charge is -1.99. The second-order valence-electron chi connectivity index (χ2n) is 4.25. The van der Waals surface area contributed by atoms with E-state index in [1.807, 2.05) is 0 Å². The molecule has 0 saturated heterocycles. The summed E-state index contributed by atoms with van der Waals surface area (Å²) in [4.78, 5) is 24.6. The van der Waals surface area contributed by atoms with Crippen LogP contribution in [0.5, 0.6) is 0 Å². The van der Waals surface area contributed by atoms with Crippen LogP contribution in [0, 0.1) is 6.92 Å². The fourth-order valence-corrected chi connectivity index (χ4v) is 3.13. The maximum absolute atomic E-state index is 12.2. The van der Waals surface area contributed by atoms with Gasteiger partial charge in [0.2, 0.25) is 5.13 Å². The van der Waals surface area contributed by atoms with Crippen LogP contribution in [0.25, 0.3) is 0 Å². The third-order valence-electron chi connectivity index (χ3n) is 2.69. The molecule has 0 aliphatic carbocycles. The largest absolute Gasteiger partial charge is 0.459 e. The van der Waals surface area contributed by atoms with Crippen molar-refractivity contribution >= 4 is 44.6 Å². The second-order valence-corrected chi connectivity index (χ2v) is 6.14. The van der Waals surface area contributed by atoms with Gasteiger partial charge in [0.25, 0.3) is 11.8 Å². The first kappa shape index (κ1) is 14.4. The van der Waals surface area contributed by atoms with Gasteiger partial charge in [0.05, 0.1) is 16.1 Å². The van der Waals surface area contributed by atoms with Crippen LogP contribution in [0.1, 0.15) is 25.8 Å². The predicted molar refractivity (Wildman–Crippen MR) is 83.6 cm³/mol. The van der Waals surface area contributed by atoms with E-state index in [0.29, 0.717) is 15.0 Å². The lowest BCUT2D eigenvalue weighted by atomic mass is 10.3. The van der Waals surface area contributed by atoms with E-state index in [9.17, 15) is 9.59 Å². The van der Waals surface area contributed by atoms with Gasteiger partial charge in [-0.15, -0.1) is 21.5 Å². The van der Waals surface area contributed by atoms with Crippen molar-refractivity contribution < 1.29 is 14.0 Å². The summed E-state index contributed by atoms with van der Waals surface area (Å²) in [5.74, 6) is -0.425. The van der Waals surface area contributed by atoms with E-state index < -0.39 is 0 Å². The Bertz CT molecular complexity index is 793. The minimum absolute atomic E-state index is 0.214. The Labute approximate surface area is 133 Å². The van der Waals surface area contributed by atoms with Crippen LogP contribution >= 0.6 is 22.7 Å². The van der Waals surface area contributed by atoms with Crippen molar-refractivity contribution in [1.29, 1.82) is 0 Å². The molecule has 0 aromatic carbocycles. The summed E-state index contributed by atoms with van der Waals surface area (Å²) in [5, 5.41) is 13.8. The highest BCUT2D eigenvalue weighted by atomic mass is 32.1. The first-order chi connectivity index (χ1) is 10.6. The van der Waals surface area contributed by atoms with Gasteiger partial charge < -0.3 is 9.73 Å². The molecular weight excluding hydrogens is 324 g/mol. The van der Waals surface area contributed by atoms with Crippen LogP contribution < -0.4 is 10.6 Å². The van der Waals surface area contributed by atoms with Crippen molar-refractivity contribution in [3.8, 4) is 0 Å². The number of thiophene rings is 1. The highest BCUT2D eigenvalue weighted by Gasteiger charge is 2.17. The molecule has 3 heterocycles. The summed E-state index contributed by atoms with van der Waals surface area (Å²) in [5.41, 5.74) is 2.30. The molecule has 7 nitrogen and oxygen atoms in total. The summed E-state index contributed by atoms with van der Waals surface area (Å²) in [6.07, 6.45) is 1.43. The van der Waals surface area contributed by atoms with Gasteiger partial charge >= 0.3 is 0 Å². The standard InChI is InChI=1S/C13H10N4O3S2/c1-7-5-9(15-11(18)8-3-2-4-20-8)22-10(7)12(19)16-13-17-14-6-21-13/h2-6H,1H3,(H,15,18)(H,16,17,19). The molecule has 0 unspecified atom stereocenters. The number of carbonyl (C=O) groups excluding carboxylic acids is 2. The number of anilines is 2. The van der Waals surface area contributed by atoms with Gasteiger partial charge in [0, 0.05) is 0 Å².